The van der Waals surface area contributed by atoms with Gasteiger partial charge in [-0.3, -0.25) is 4.79 Å². The number of aliphatic hydroxyl groups excluding tert-OH is 4. The quantitative estimate of drug-likeness (QED) is 0.296. The third kappa shape index (κ3) is 4.25. The van der Waals surface area contributed by atoms with Crippen LogP contribution in [0.1, 0.15) is 99.3 Å². The summed E-state index contributed by atoms with van der Waals surface area (Å²) < 4.78 is 11.7. The van der Waals surface area contributed by atoms with Crippen molar-refractivity contribution in [3.63, 3.8) is 0 Å². The Morgan fingerprint density at radius 2 is 1.65 bits per heavy atom. The monoisotopic (exact) mass is 604 g/mol. The van der Waals surface area contributed by atoms with E-state index in [-0.39, 0.29) is 41.3 Å². The zero-order valence-electron chi connectivity index (χ0n) is 27.1. The SMILES string of the molecule is C[C@H]1[C@H](C)CC[C@]2(C(=O)O)CC[C@]3(C)C(=CC[C@@H]4[C@@]5(C)CC[C@H](O)[C@](C)(CO[C@@H]6OC[C@@H](O)[C@H](O)[C@H]6O)[C@@H]5CC[C@]43C)[C@H]12. The Morgan fingerprint density at radius 3 is 2.35 bits per heavy atom. The summed E-state index contributed by atoms with van der Waals surface area (Å²) >= 11 is 0. The van der Waals surface area contributed by atoms with E-state index >= 15 is 0 Å². The molecule has 1 aliphatic heterocycles. The highest BCUT2D eigenvalue weighted by atomic mass is 16.7. The van der Waals surface area contributed by atoms with Crippen LogP contribution in [0.15, 0.2) is 11.6 Å². The first-order valence-electron chi connectivity index (χ1n) is 17.0. The predicted molar refractivity (Wildman–Crippen MR) is 161 cm³/mol. The molecule has 1 saturated heterocycles. The van der Waals surface area contributed by atoms with Gasteiger partial charge in [-0.1, -0.05) is 53.2 Å². The summed E-state index contributed by atoms with van der Waals surface area (Å²) in [7, 11) is 0. The second-order valence-electron chi connectivity index (χ2n) is 16.7. The van der Waals surface area contributed by atoms with Crippen molar-refractivity contribution in [2.24, 2.45) is 56.7 Å². The molecule has 0 aromatic heterocycles. The number of carbonyl (C=O) groups is 1. The van der Waals surface area contributed by atoms with Gasteiger partial charge in [0.15, 0.2) is 6.29 Å². The fourth-order valence-electron chi connectivity index (χ4n) is 12.1. The molecule has 6 aliphatic rings. The highest BCUT2D eigenvalue weighted by molar-refractivity contribution is 5.76. The highest BCUT2D eigenvalue weighted by Gasteiger charge is 2.70. The van der Waals surface area contributed by atoms with Crippen LogP contribution in [-0.2, 0) is 14.3 Å². The molecule has 43 heavy (non-hydrogen) atoms. The lowest BCUT2D eigenvalue weighted by molar-refractivity contribution is -0.291. The van der Waals surface area contributed by atoms with Gasteiger partial charge in [-0.15, -0.1) is 0 Å². The summed E-state index contributed by atoms with van der Waals surface area (Å²) in [6.07, 6.45) is 4.91. The van der Waals surface area contributed by atoms with Crippen molar-refractivity contribution in [1.29, 1.82) is 0 Å². The molecule has 0 amide bonds. The van der Waals surface area contributed by atoms with Gasteiger partial charge >= 0.3 is 5.97 Å². The summed E-state index contributed by atoms with van der Waals surface area (Å²) in [4.78, 5) is 13.0. The zero-order chi connectivity index (χ0) is 31.3. The van der Waals surface area contributed by atoms with E-state index in [0.29, 0.717) is 24.2 Å². The smallest absolute Gasteiger partial charge is 0.310 e. The van der Waals surface area contributed by atoms with E-state index < -0.39 is 47.5 Å². The summed E-state index contributed by atoms with van der Waals surface area (Å²) in [5.74, 6) is 0.904. The molecule has 15 atom stereocenters. The molecular weight excluding hydrogens is 548 g/mol. The van der Waals surface area contributed by atoms with Crippen LogP contribution < -0.4 is 0 Å². The van der Waals surface area contributed by atoms with E-state index in [2.05, 4.69) is 47.6 Å². The minimum atomic E-state index is -1.36. The molecule has 0 aromatic rings. The third-order valence-corrected chi connectivity index (χ3v) is 15.2. The molecule has 8 heteroatoms. The Bertz CT molecular complexity index is 1140. The van der Waals surface area contributed by atoms with Crippen molar-refractivity contribution in [3.05, 3.63) is 11.6 Å². The molecular formula is C35H56O8. The van der Waals surface area contributed by atoms with Crippen molar-refractivity contribution >= 4 is 5.97 Å². The number of carboxylic acid groups (broad SMARTS) is 1. The summed E-state index contributed by atoms with van der Waals surface area (Å²) in [5, 5.41) is 52.7. The first kappa shape index (κ1) is 31.9. The zero-order valence-corrected chi connectivity index (χ0v) is 27.1. The van der Waals surface area contributed by atoms with Gasteiger partial charge in [-0.2, -0.15) is 0 Å². The molecule has 4 saturated carbocycles. The predicted octanol–water partition coefficient (Wildman–Crippen LogP) is 4.53. The van der Waals surface area contributed by atoms with E-state index in [9.17, 15) is 30.3 Å². The summed E-state index contributed by atoms with van der Waals surface area (Å²) in [6.45, 7) is 14.2. The molecule has 5 aliphatic carbocycles. The first-order chi connectivity index (χ1) is 20.1. The first-order valence-corrected chi connectivity index (χ1v) is 17.0. The third-order valence-electron chi connectivity index (χ3n) is 15.2. The molecule has 0 unspecified atom stereocenters. The molecule has 6 rings (SSSR count). The molecule has 0 aromatic carbocycles. The van der Waals surface area contributed by atoms with Gasteiger partial charge in [0.1, 0.15) is 18.3 Å². The largest absolute Gasteiger partial charge is 0.481 e. The van der Waals surface area contributed by atoms with Crippen molar-refractivity contribution in [3.8, 4) is 0 Å². The van der Waals surface area contributed by atoms with Crippen LogP contribution in [-0.4, -0.2) is 75.4 Å². The lowest BCUT2D eigenvalue weighted by Crippen LogP contribution is -2.66. The average molecular weight is 605 g/mol. The maximum atomic E-state index is 13.0. The van der Waals surface area contributed by atoms with Crippen LogP contribution >= 0.6 is 0 Å². The molecule has 0 spiro atoms. The number of allylic oxidation sites excluding steroid dienone is 2. The van der Waals surface area contributed by atoms with Gasteiger partial charge in [0.05, 0.1) is 24.7 Å². The fourth-order valence-corrected chi connectivity index (χ4v) is 12.1. The summed E-state index contributed by atoms with van der Waals surface area (Å²) in [5.41, 5.74) is 0.0965. The van der Waals surface area contributed by atoms with Crippen molar-refractivity contribution in [2.45, 2.75) is 130 Å². The van der Waals surface area contributed by atoms with Crippen LogP contribution in [0, 0.1) is 56.7 Å². The Kier molecular flexibility index (Phi) is 7.79. The summed E-state index contributed by atoms with van der Waals surface area (Å²) in [6, 6.07) is 0. The van der Waals surface area contributed by atoms with E-state index in [0.717, 1.165) is 51.4 Å². The number of hydrogen-bond acceptors (Lipinski definition) is 7. The number of fused-ring (bicyclic) bond motifs is 7. The van der Waals surface area contributed by atoms with Crippen molar-refractivity contribution < 1.29 is 39.8 Å². The number of aliphatic carboxylic acids is 1. The van der Waals surface area contributed by atoms with Gasteiger partial charge in [0, 0.05) is 5.41 Å². The van der Waals surface area contributed by atoms with Crippen LogP contribution in [0.5, 0.6) is 0 Å². The van der Waals surface area contributed by atoms with E-state index in [1.807, 2.05) is 0 Å². The molecule has 0 bridgehead atoms. The van der Waals surface area contributed by atoms with Crippen LogP contribution in [0.3, 0.4) is 0 Å². The minimum Gasteiger partial charge on any atom is -0.481 e. The topological polar surface area (TPSA) is 137 Å². The number of aliphatic hydroxyl groups is 4. The Hall–Kier alpha value is -1.03. The molecule has 5 N–H and O–H groups in total. The number of ether oxygens (including phenoxy) is 2. The number of carboxylic acids is 1. The molecule has 8 nitrogen and oxygen atoms in total. The van der Waals surface area contributed by atoms with Crippen LogP contribution in [0.2, 0.25) is 0 Å². The van der Waals surface area contributed by atoms with Crippen molar-refractivity contribution in [1.82, 2.24) is 0 Å². The second kappa shape index (κ2) is 10.5. The molecule has 0 radical (unpaired) electrons. The highest BCUT2D eigenvalue weighted by Crippen LogP contribution is 2.75. The lowest BCUT2D eigenvalue weighted by atomic mass is 9.33. The molecule has 244 valence electrons. The Morgan fingerprint density at radius 1 is 0.930 bits per heavy atom. The number of hydrogen-bond donors (Lipinski definition) is 5. The van der Waals surface area contributed by atoms with Gasteiger partial charge in [-0.05, 0) is 104 Å². The molecule has 5 fully saturated rings. The fraction of sp³-hybridized carbons (Fsp3) is 0.914. The van der Waals surface area contributed by atoms with Gasteiger partial charge in [-0.25, -0.2) is 0 Å². The molecule has 1 heterocycles. The van der Waals surface area contributed by atoms with E-state index in [1.54, 1.807) is 0 Å². The van der Waals surface area contributed by atoms with Crippen LogP contribution in [0.25, 0.3) is 0 Å². The Balaban J connectivity index is 1.32. The minimum absolute atomic E-state index is 0.0143. The maximum Gasteiger partial charge on any atom is 0.310 e. The lowest BCUT2D eigenvalue weighted by Gasteiger charge is -2.71. The van der Waals surface area contributed by atoms with Crippen molar-refractivity contribution in [2.75, 3.05) is 13.2 Å². The average Bonchev–Trinajstić information content (AvgIpc) is 2.96. The second-order valence-corrected chi connectivity index (χ2v) is 16.7. The number of rotatable bonds is 4. The van der Waals surface area contributed by atoms with E-state index in [1.165, 1.54) is 5.57 Å². The normalized spacial score (nSPS) is 56.6. The van der Waals surface area contributed by atoms with Gasteiger partial charge in [0.2, 0.25) is 0 Å². The standard InChI is InChI=1S/C35H56O8/c1-19-9-14-35(30(40)41)16-15-33(5)21(26(35)20(19)2)7-8-24-31(3)12-11-25(37)32(4,23(31)10-13-34(24,33)6)18-43-29-28(39)27(38)22(36)17-42-29/h7,19-20,22-29,36-39H,8-18H2,1-6H3,(H,40,41)/t19-,20+,22-,23-,24-,25+,26+,27+,28-,29+,31+,32-,33-,34-,35+/m1/s1. The maximum absolute atomic E-state index is 13.0. The Labute approximate surface area is 257 Å². The van der Waals surface area contributed by atoms with Gasteiger partial charge in [0.25, 0.3) is 0 Å². The van der Waals surface area contributed by atoms with Crippen LogP contribution in [0.4, 0.5) is 0 Å². The van der Waals surface area contributed by atoms with E-state index in [4.69, 9.17) is 9.47 Å². The van der Waals surface area contributed by atoms with Gasteiger partial charge < -0.3 is 35.0 Å².